The molecule has 1 aliphatic heterocycles. The molecule has 24 heavy (non-hydrogen) atoms. The minimum absolute atomic E-state index is 0.113. The van der Waals surface area contributed by atoms with Gasteiger partial charge < -0.3 is 5.32 Å². The molecule has 1 aliphatic rings. The summed E-state index contributed by atoms with van der Waals surface area (Å²) in [5.41, 5.74) is 2.82. The molecule has 2 nitrogen and oxygen atoms in total. The Kier molecular flexibility index (Phi) is 3.65. The summed E-state index contributed by atoms with van der Waals surface area (Å²) in [6, 6.07) is 13.1. The van der Waals surface area contributed by atoms with Gasteiger partial charge in [-0.2, -0.15) is 0 Å². The first-order valence-electron chi connectivity index (χ1n) is 7.55. The number of hydrogen-bond donors (Lipinski definition) is 1. The number of benzene rings is 2. The maximum atomic E-state index is 14.2. The van der Waals surface area contributed by atoms with E-state index in [1.54, 1.807) is 0 Å². The molecular formula is C19H13F2NOS. The lowest BCUT2D eigenvalue weighted by Gasteiger charge is -2.24. The second-order valence-electron chi connectivity index (χ2n) is 5.73. The number of rotatable bonds is 2. The van der Waals surface area contributed by atoms with E-state index in [-0.39, 0.29) is 17.9 Å². The Morgan fingerprint density at radius 2 is 1.88 bits per heavy atom. The predicted octanol–water partition coefficient (Wildman–Crippen LogP) is 5.17. The smallest absolute Gasteiger partial charge is 0.225 e. The maximum Gasteiger partial charge on any atom is 0.225 e. The van der Waals surface area contributed by atoms with Crippen LogP contribution in [0.3, 0.4) is 0 Å². The molecule has 0 aliphatic carbocycles. The van der Waals surface area contributed by atoms with E-state index in [1.165, 1.54) is 17.4 Å². The van der Waals surface area contributed by atoms with Crippen molar-refractivity contribution in [2.45, 2.75) is 12.3 Å². The van der Waals surface area contributed by atoms with E-state index in [0.29, 0.717) is 5.69 Å². The lowest BCUT2D eigenvalue weighted by molar-refractivity contribution is -0.116. The van der Waals surface area contributed by atoms with Gasteiger partial charge in [-0.15, -0.1) is 11.3 Å². The van der Waals surface area contributed by atoms with E-state index in [9.17, 15) is 13.6 Å². The van der Waals surface area contributed by atoms with Crippen molar-refractivity contribution in [3.63, 3.8) is 0 Å². The average Bonchev–Trinajstić information content (AvgIpc) is 3.01. The molecule has 1 N–H and O–H groups in total. The van der Waals surface area contributed by atoms with Crippen molar-refractivity contribution >= 4 is 22.9 Å². The van der Waals surface area contributed by atoms with Crippen molar-refractivity contribution in [2.75, 3.05) is 5.32 Å². The van der Waals surface area contributed by atoms with Gasteiger partial charge in [-0.1, -0.05) is 30.3 Å². The summed E-state index contributed by atoms with van der Waals surface area (Å²) >= 11 is 1.46. The highest BCUT2D eigenvalue weighted by Gasteiger charge is 2.32. The Morgan fingerprint density at radius 3 is 2.67 bits per heavy atom. The molecule has 1 amide bonds. The first-order chi connectivity index (χ1) is 11.6. The summed E-state index contributed by atoms with van der Waals surface area (Å²) in [6.45, 7) is 0. The normalized spacial score (nSPS) is 16.6. The van der Waals surface area contributed by atoms with Crippen LogP contribution in [0.1, 0.15) is 22.8 Å². The van der Waals surface area contributed by atoms with Gasteiger partial charge in [0.15, 0.2) is 0 Å². The van der Waals surface area contributed by atoms with Gasteiger partial charge in [0, 0.05) is 28.2 Å². The molecule has 1 atom stereocenters. The van der Waals surface area contributed by atoms with Crippen LogP contribution in [0.15, 0.2) is 53.9 Å². The highest BCUT2D eigenvalue weighted by atomic mass is 32.1. The Morgan fingerprint density at radius 1 is 1.08 bits per heavy atom. The third-order valence-corrected chi connectivity index (χ3v) is 5.30. The second kappa shape index (κ2) is 5.83. The summed E-state index contributed by atoms with van der Waals surface area (Å²) in [5, 5.41) is 4.85. The number of nitrogens with one attached hydrogen (secondary N) is 1. The Balaban J connectivity index is 1.86. The predicted molar refractivity (Wildman–Crippen MR) is 91.2 cm³/mol. The van der Waals surface area contributed by atoms with Crippen LogP contribution in [0.5, 0.6) is 0 Å². The fraction of sp³-hybridized carbons (Fsp3) is 0.105. The van der Waals surface area contributed by atoms with Gasteiger partial charge in [0.05, 0.1) is 5.69 Å². The Hall–Kier alpha value is -2.53. The fourth-order valence-corrected chi connectivity index (χ4v) is 4.24. The molecule has 3 aromatic rings. The number of amides is 1. The van der Waals surface area contributed by atoms with E-state index < -0.39 is 17.6 Å². The molecule has 5 heteroatoms. The quantitative estimate of drug-likeness (QED) is 0.685. The van der Waals surface area contributed by atoms with Crippen LogP contribution in [0, 0.1) is 11.6 Å². The summed E-state index contributed by atoms with van der Waals surface area (Å²) in [4.78, 5) is 13.0. The van der Waals surface area contributed by atoms with Crippen molar-refractivity contribution < 1.29 is 13.6 Å². The van der Waals surface area contributed by atoms with Gasteiger partial charge in [-0.05, 0) is 29.3 Å². The largest absolute Gasteiger partial charge is 0.325 e. The zero-order chi connectivity index (χ0) is 16.7. The van der Waals surface area contributed by atoms with Gasteiger partial charge in [0.2, 0.25) is 5.91 Å². The molecule has 0 fully saturated rings. The second-order valence-corrected chi connectivity index (χ2v) is 6.64. The molecule has 0 radical (unpaired) electrons. The van der Waals surface area contributed by atoms with Crippen LogP contribution in [0.4, 0.5) is 14.5 Å². The van der Waals surface area contributed by atoms with Crippen molar-refractivity contribution in [2.24, 2.45) is 0 Å². The first kappa shape index (κ1) is 15.0. The van der Waals surface area contributed by atoms with Crippen LogP contribution < -0.4 is 5.32 Å². The molecular weight excluding hydrogens is 328 g/mol. The fourth-order valence-electron chi connectivity index (χ4n) is 3.09. The summed E-state index contributed by atoms with van der Waals surface area (Å²) in [5.74, 6) is -1.64. The molecule has 1 unspecified atom stereocenters. The van der Waals surface area contributed by atoms with Crippen LogP contribution in [-0.4, -0.2) is 5.91 Å². The molecule has 2 aromatic carbocycles. The minimum atomic E-state index is -0.501. The Bertz CT molecular complexity index is 920. The number of halogens is 2. The van der Waals surface area contributed by atoms with Crippen molar-refractivity contribution in [1.29, 1.82) is 0 Å². The van der Waals surface area contributed by atoms with Gasteiger partial charge in [0.1, 0.15) is 11.6 Å². The number of thiophene rings is 1. The molecule has 0 saturated heterocycles. The zero-order valence-corrected chi connectivity index (χ0v) is 13.4. The number of hydrogen-bond acceptors (Lipinski definition) is 2. The van der Waals surface area contributed by atoms with E-state index >= 15 is 0 Å². The van der Waals surface area contributed by atoms with Crippen molar-refractivity contribution in [1.82, 2.24) is 0 Å². The third kappa shape index (κ3) is 2.51. The lowest BCUT2D eigenvalue weighted by Crippen LogP contribution is -2.23. The highest BCUT2D eigenvalue weighted by Crippen LogP contribution is 2.47. The lowest BCUT2D eigenvalue weighted by atomic mass is 9.88. The number of carbonyl (C=O) groups is 1. The van der Waals surface area contributed by atoms with Crippen molar-refractivity contribution in [3.8, 4) is 11.1 Å². The van der Waals surface area contributed by atoms with Gasteiger partial charge in [0.25, 0.3) is 0 Å². The van der Waals surface area contributed by atoms with Gasteiger partial charge in [-0.25, -0.2) is 8.78 Å². The molecule has 120 valence electrons. The van der Waals surface area contributed by atoms with E-state index in [1.807, 2.05) is 35.7 Å². The molecule has 0 spiro atoms. The summed E-state index contributed by atoms with van der Waals surface area (Å²) in [6.07, 6.45) is 0.113. The maximum absolute atomic E-state index is 14.2. The standard InChI is InChI=1S/C19H13F2NOS/c20-12-6-7-16(21)13(8-12)14-9-17(23)22-18-15(10-24-19(14)18)11-4-2-1-3-5-11/h1-8,10,14H,9H2,(H,22,23). The minimum Gasteiger partial charge on any atom is -0.325 e. The van der Waals surface area contributed by atoms with Crippen LogP contribution >= 0.6 is 11.3 Å². The topological polar surface area (TPSA) is 29.1 Å². The number of carbonyl (C=O) groups excluding carboxylic acids is 1. The highest BCUT2D eigenvalue weighted by molar-refractivity contribution is 7.11. The van der Waals surface area contributed by atoms with E-state index in [4.69, 9.17) is 0 Å². The first-order valence-corrected chi connectivity index (χ1v) is 8.43. The van der Waals surface area contributed by atoms with Crippen LogP contribution in [0.2, 0.25) is 0 Å². The Labute approximate surface area is 141 Å². The summed E-state index contributed by atoms with van der Waals surface area (Å²) in [7, 11) is 0. The molecule has 0 bridgehead atoms. The number of anilines is 1. The van der Waals surface area contributed by atoms with Gasteiger partial charge in [-0.3, -0.25) is 4.79 Å². The average molecular weight is 341 g/mol. The monoisotopic (exact) mass is 341 g/mol. The number of fused-ring (bicyclic) bond motifs is 1. The van der Waals surface area contributed by atoms with E-state index in [0.717, 1.165) is 28.1 Å². The van der Waals surface area contributed by atoms with Crippen molar-refractivity contribution in [3.05, 3.63) is 76.0 Å². The zero-order valence-electron chi connectivity index (χ0n) is 12.6. The molecule has 0 saturated carbocycles. The van der Waals surface area contributed by atoms with Gasteiger partial charge >= 0.3 is 0 Å². The van der Waals surface area contributed by atoms with Crippen LogP contribution in [-0.2, 0) is 4.79 Å². The van der Waals surface area contributed by atoms with E-state index in [2.05, 4.69) is 5.32 Å². The summed E-state index contributed by atoms with van der Waals surface area (Å²) < 4.78 is 27.8. The third-order valence-electron chi connectivity index (χ3n) is 4.21. The molecule has 4 rings (SSSR count). The molecule has 1 aromatic heterocycles. The van der Waals surface area contributed by atoms with Crippen LogP contribution in [0.25, 0.3) is 11.1 Å². The SMILES string of the molecule is O=C1CC(c2cc(F)ccc2F)c2scc(-c3ccccc3)c2N1. The molecule has 2 heterocycles.